The van der Waals surface area contributed by atoms with E-state index < -0.39 is 18.5 Å². The van der Waals surface area contributed by atoms with Crippen LogP contribution in [0.15, 0.2) is 17.8 Å². The predicted molar refractivity (Wildman–Crippen MR) is 92.6 cm³/mol. The van der Waals surface area contributed by atoms with Gasteiger partial charge in [0.25, 0.3) is 11.7 Å². The first kappa shape index (κ1) is 17.5. The van der Waals surface area contributed by atoms with Gasteiger partial charge >= 0.3 is 5.97 Å². The summed E-state index contributed by atoms with van der Waals surface area (Å²) in [6.07, 6.45) is 1.36. The highest BCUT2D eigenvalue weighted by atomic mass is 32.1. The first-order chi connectivity index (χ1) is 12.5. The number of aromatic nitrogens is 4. The van der Waals surface area contributed by atoms with Gasteiger partial charge in [-0.3, -0.25) is 9.59 Å². The molecule has 0 saturated heterocycles. The Labute approximate surface area is 152 Å². The molecule has 0 fully saturated rings. The van der Waals surface area contributed by atoms with Gasteiger partial charge in [-0.2, -0.15) is 15.3 Å². The molecule has 3 aromatic rings. The number of rotatable bonds is 5. The molecular formula is C16H14N6O3S. The fourth-order valence-electron chi connectivity index (χ4n) is 2.41. The number of amides is 1. The predicted octanol–water partition coefficient (Wildman–Crippen LogP) is 1.40. The first-order valence-corrected chi connectivity index (χ1v) is 8.46. The van der Waals surface area contributed by atoms with E-state index in [4.69, 9.17) is 10.00 Å². The van der Waals surface area contributed by atoms with E-state index in [1.165, 1.54) is 17.7 Å². The largest absolute Gasteiger partial charge is 0.455 e. The van der Waals surface area contributed by atoms with Gasteiger partial charge < -0.3 is 10.1 Å². The summed E-state index contributed by atoms with van der Waals surface area (Å²) in [4.78, 5) is 32.3. The molecule has 0 bridgehead atoms. The molecule has 0 aliphatic carbocycles. The Hall–Kier alpha value is -3.32. The van der Waals surface area contributed by atoms with Crippen LogP contribution in [0.1, 0.15) is 22.5 Å². The van der Waals surface area contributed by atoms with Crippen LogP contribution in [0.4, 0.5) is 5.00 Å². The third-order valence-electron chi connectivity index (χ3n) is 3.71. The molecule has 0 radical (unpaired) electrons. The monoisotopic (exact) mass is 370 g/mol. The van der Waals surface area contributed by atoms with E-state index in [1.54, 1.807) is 22.9 Å². The van der Waals surface area contributed by atoms with Crippen molar-refractivity contribution in [3.63, 3.8) is 0 Å². The summed E-state index contributed by atoms with van der Waals surface area (Å²) in [5.74, 6) is -0.601. The van der Waals surface area contributed by atoms with Crippen molar-refractivity contribution in [2.24, 2.45) is 0 Å². The molecule has 9 nitrogen and oxygen atoms in total. The van der Waals surface area contributed by atoms with Crippen LogP contribution >= 0.6 is 11.3 Å². The number of ether oxygens (including phenoxy) is 1. The number of fused-ring (bicyclic) bond motifs is 1. The maximum Gasteiger partial charge on any atom is 0.310 e. The minimum Gasteiger partial charge on any atom is -0.455 e. The van der Waals surface area contributed by atoms with Gasteiger partial charge in [-0.15, -0.1) is 11.3 Å². The lowest BCUT2D eigenvalue weighted by Crippen LogP contribution is -2.22. The molecule has 1 N–H and O–H groups in total. The van der Waals surface area contributed by atoms with E-state index in [-0.39, 0.29) is 6.42 Å². The minimum atomic E-state index is -0.556. The van der Waals surface area contributed by atoms with Crippen LogP contribution in [0.3, 0.4) is 0 Å². The second-order valence-electron chi connectivity index (χ2n) is 5.39. The average Bonchev–Trinajstić information content (AvgIpc) is 3.25. The number of thiophene rings is 1. The number of nitrogens with one attached hydrogen (secondary N) is 1. The van der Waals surface area contributed by atoms with Gasteiger partial charge in [0, 0.05) is 17.0 Å². The Bertz CT molecular complexity index is 1030. The zero-order valence-corrected chi connectivity index (χ0v) is 14.8. The van der Waals surface area contributed by atoms with Crippen molar-refractivity contribution in [3.05, 3.63) is 40.3 Å². The Morgan fingerprint density at radius 1 is 1.42 bits per heavy atom. The van der Waals surface area contributed by atoms with E-state index in [0.29, 0.717) is 27.6 Å². The van der Waals surface area contributed by atoms with E-state index in [1.807, 2.05) is 13.0 Å². The summed E-state index contributed by atoms with van der Waals surface area (Å²) < 4.78 is 6.58. The van der Waals surface area contributed by atoms with Gasteiger partial charge in [0.1, 0.15) is 17.4 Å². The van der Waals surface area contributed by atoms with E-state index in [0.717, 1.165) is 5.69 Å². The van der Waals surface area contributed by atoms with E-state index in [9.17, 15) is 9.59 Å². The zero-order chi connectivity index (χ0) is 18.7. The number of hydrogen-bond acceptors (Lipinski definition) is 8. The molecule has 0 unspecified atom stereocenters. The highest BCUT2D eigenvalue weighted by Crippen LogP contribution is 2.21. The number of anilines is 1. The highest BCUT2D eigenvalue weighted by molar-refractivity contribution is 7.14. The molecule has 3 rings (SSSR count). The van der Waals surface area contributed by atoms with Crippen molar-refractivity contribution in [2.45, 2.75) is 20.3 Å². The molecule has 0 aliphatic heterocycles. The lowest BCUT2D eigenvalue weighted by atomic mass is 10.1. The topological polar surface area (TPSA) is 122 Å². The number of esters is 1. The van der Waals surface area contributed by atoms with Gasteiger partial charge in [-0.05, 0) is 25.3 Å². The fraction of sp³-hybridized carbons (Fsp3) is 0.250. The summed E-state index contributed by atoms with van der Waals surface area (Å²) in [6.45, 7) is 3.15. The quantitative estimate of drug-likeness (QED) is 0.673. The van der Waals surface area contributed by atoms with Gasteiger partial charge in [0.2, 0.25) is 0 Å². The molecule has 132 valence electrons. The molecule has 10 heteroatoms. The number of nitriles is 1. The summed E-state index contributed by atoms with van der Waals surface area (Å²) >= 11 is 1.23. The van der Waals surface area contributed by atoms with Crippen LogP contribution in [-0.2, 0) is 20.7 Å². The third kappa shape index (κ3) is 3.52. The number of nitrogens with zero attached hydrogens (tertiary/aromatic N) is 5. The smallest absolute Gasteiger partial charge is 0.310 e. The molecule has 3 aromatic heterocycles. The Kier molecular flexibility index (Phi) is 4.90. The Morgan fingerprint density at radius 2 is 2.23 bits per heavy atom. The maximum atomic E-state index is 12.1. The summed E-state index contributed by atoms with van der Waals surface area (Å²) in [6, 6.07) is 3.57. The molecule has 0 saturated carbocycles. The second kappa shape index (κ2) is 7.28. The van der Waals surface area contributed by atoms with Crippen molar-refractivity contribution in [3.8, 4) is 6.07 Å². The molecule has 26 heavy (non-hydrogen) atoms. The maximum absolute atomic E-state index is 12.1. The summed E-state index contributed by atoms with van der Waals surface area (Å²) in [5, 5.41) is 17.7. The van der Waals surface area contributed by atoms with Gasteiger partial charge in [-0.1, -0.05) is 0 Å². The van der Waals surface area contributed by atoms with Crippen LogP contribution in [0.5, 0.6) is 0 Å². The molecule has 0 atom stereocenters. The van der Waals surface area contributed by atoms with Crippen LogP contribution in [0, 0.1) is 25.2 Å². The Balaban J connectivity index is 1.61. The third-order valence-corrected chi connectivity index (χ3v) is 4.54. The molecular weight excluding hydrogens is 356 g/mol. The average molecular weight is 370 g/mol. The Morgan fingerprint density at radius 3 is 3.00 bits per heavy atom. The summed E-state index contributed by atoms with van der Waals surface area (Å²) in [5.41, 5.74) is 2.44. The summed E-state index contributed by atoms with van der Waals surface area (Å²) in [7, 11) is 0. The lowest BCUT2D eigenvalue weighted by molar-refractivity contribution is -0.146. The first-order valence-electron chi connectivity index (χ1n) is 7.58. The number of aryl methyl sites for hydroxylation is 2. The normalized spacial score (nSPS) is 10.5. The van der Waals surface area contributed by atoms with Crippen molar-refractivity contribution in [2.75, 3.05) is 11.9 Å². The second-order valence-corrected chi connectivity index (χ2v) is 6.31. The molecule has 0 aromatic carbocycles. The van der Waals surface area contributed by atoms with E-state index >= 15 is 0 Å². The van der Waals surface area contributed by atoms with Crippen LogP contribution in [0.25, 0.3) is 5.78 Å². The highest BCUT2D eigenvalue weighted by Gasteiger charge is 2.16. The zero-order valence-electron chi connectivity index (χ0n) is 14.0. The number of carbonyl (C=O) groups excluding carboxylic acids is 2. The fourth-order valence-corrected chi connectivity index (χ4v) is 3.16. The molecule has 0 spiro atoms. The van der Waals surface area contributed by atoms with Crippen molar-refractivity contribution in [1.29, 1.82) is 5.26 Å². The number of carbonyl (C=O) groups is 2. The van der Waals surface area contributed by atoms with Crippen molar-refractivity contribution in [1.82, 2.24) is 19.6 Å². The number of hydrogen-bond donors (Lipinski definition) is 1. The SMILES string of the molecule is Cc1nc2ncnn2c(C)c1CC(=O)OCC(=O)Nc1sccc1C#N. The molecule has 3 heterocycles. The molecule has 1 amide bonds. The lowest BCUT2D eigenvalue weighted by Gasteiger charge is -2.10. The van der Waals surface area contributed by atoms with Crippen LogP contribution in [-0.4, -0.2) is 38.1 Å². The van der Waals surface area contributed by atoms with Crippen LogP contribution < -0.4 is 5.32 Å². The standard InChI is InChI=1S/C16H14N6O3S/c1-9-12(10(2)22-16(20-9)18-8-19-22)5-14(24)25-7-13(23)21-15-11(6-17)3-4-26-15/h3-4,8H,5,7H2,1-2H3,(H,21,23). The van der Waals surface area contributed by atoms with Crippen molar-refractivity contribution >= 4 is 34.0 Å². The minimum absolute atomic E-state index is 0.0316. The molecule has 0 aliphatic rings. The van der Waals surface area contributed by atoms with Crippen LogP contribution in [0.2, 0.25) is 0 Å². The van der Waals surface area contributed by atoms with Gasteiger partial charge in [0.15, 0.2) is 6.61 Å². The van der Waals surface area contributed by atoms with Gasteiger partial charge in [0.05, 0.1) is 12.0 Å². The van der Waals surface area contributed by atoms with Crippen molar-refractivity contribution < 1.29 is 14.3 Å². The van der Waals surface area contributed by atoms with E-state index in [2.05, 4.69) is 20.4 Å². The van der Waals surface area contributed by atoms with Gasteiger partial charge in [-0.25, -0.2) is 9.50 Å².